The lowest BCUT2D eigenvalue weighted by molar-refractivity contribution is -0.116. The zero-order chi connectivity index (χ0) is 20.5. The molecule has 2 heterocycles. The second kappa shape index (κ2) is 7.84. The molecule has 2 aliphatic rings. The Hall–Kier alpha value is -2.92. The molecule has 1 aliphatic heterocycles. The molecule has 1 aromatic heterocycles. The van der Waals surface area contributed by atoms with Crippen LogP contribution in [0, 0.1) is 6.92 Å². The lowest BCUT2D eigenvalue weighted by atomic mass is 9.75. The first-order chi connectivity index (χ1) is 13.9. The van der Waals surface area contributed by atoms with Crippen molar-refractivity contribution < 1.29 is 9.59 Å². The molecule has 29 heavy (non-hydrogen) atoms. The minimum atomic E-state index is -0.429. The van der Waals surface area contributed by atoms with E-state index in [1.165, 1.54) is 0 Å². The van der Waals surface area contributed by atoms with Crippen LogP contribution >= 0.6 is 11.6 Å². The van der Waals surface area contributed by atoms with E-state index >= 15 is 0 Å². The van der Waals surface area contributed by atoms with Gasteiger partial charge in [-0.25, -0.2) is 4.98 Å². The Morgan fingerprint density at radius 3 is 2.59 bits per heavy atom. The van der Waals surface area contributed by atoms with Crippen molar-refractivity contribution in [1.82, 2.24) is 10.3 Å². The molecule has 0 saturated heterocycles. The molecule has 0 fully saturated rings. The molecule has 0 spiro atoms. The predicted octanol–water partition coefficient (Wildman–Crippen LogP) is 4.65. The minimum absolute atomic E-state index is 0.0879. The number of carbonyl (C=O) groups is 2. The lowest BCUT2D eigenvalue weighted by Gasteiger charge is -2.34. The molecule has 148 valence electrons. The van der Waals surface area contributed by atoms with Crippen molar-refractivity contribution in [3.63, 3.8) is 0 Å². The van der Waals surface area contributed by atoms with Gasteiger partial charge in [0.05, 0.1) is 0 Å². The number of benzene rings is 1. The third kappa shape index (κ3) is 3.83. The average molecular weight is 408 g/mol. The molecule has 2 N–H and O–H groups in total. The summed E-state index contributed by atoms with van der Waals surface area (Å²) in [7, 11) is 0. The summed E-state index contributed by atoms with van der Waals surface area (Å²) in [5.74, 6) is -0.131. The molecule has 0 bridgehead atoms. The Morgan fingerprint density at radius 2 is 1.90 bits per heavy atom. The number of carbonyl (C=O) groups excluding carboxylic acids is 2. The van der Waals surface area contributed by atoms with Gasteiger partial charge in [0.15, 0.2) is 5.78 Å². The third-order valence-electron chi connectivity index (χ3n) is 5.38. The number of nitrogens with one attached hydrogen (secondary N) is 2. The van der Waals surface area contributed by atoms with Crippen molar-refractivity contribution in [2.24, 2.45) is 0 Å². The Balaban J connectivity index is 1.77. The van der Waals surface area contributed by atoms with E-state index in [1.807, 2.05) is 32.0 Å². The van der Waals surface area contributed by atoms with Gasteiger partial charge >= 0.3 is 0 Å². The summed E-state index contributed by atoms with van der Waals surface area (Å²) in [5.41, 5.74) is 4.78. The van der Waals surface area contributed by atoms with Gasteiger partial charge in [-0.2, -0.15) is 0 Å². The van der Waals surface area contributed by atoms with Gasteiger partial charge in [0.2, 0.25) is 0 Å². The molecule has 1 atom stereocenters. The second-order valence-electron chi connectivity index (χ2n) is 7.49. The third-order valence-corrected chi connectivity index (χ3v) is 5.63. The second-order valence-corrected chi connectivity index (χ2v) is 7.93. The van der Waals surface area contributed by atoms with Gasteiger partial charge in [0.25, 0.3) is 5.91 Å². The van der Waals surface area contributed by atoms with E-state index in [1.54, 1.807) is 24.4 Å². The Kier molecular flexibility index (Phi) is 5.24. The number of Topliss-reactive ketones (excluding diaryl/α,β-unsaturated/α-hetero) is 1. The normalized spacial score (nSPS) is 19.0. The number of nitrogens with zero attached hydrogens (tertiary/aromatic N) is 1. The average Bonchev–Trinajstić information content (AvgIpc) is 2.69. The van der Waals surface area contributed by atoms with Crippen molar-refractivity contribution in [2.75, 3.05) is 5.32 Å². The summed E-state index contributed by atoms with van der Waals surface area (Å²) < 4.78 is 0. The van der Waals surface area contributed by atoms with Crippen LogP contribution in [0.3, 0.4) is 0 Å². The molecule has 0 unspecified atom stereocenters. The maximum Gasteiger partial charge on any atom is 0.255 e. The Morgan fingerprint density at radius 1 is 1.14 bits per heavy atom. The van der Waals surface area contributed by atoms with E-state index in [9.17, 15) is 9.59 Å². The summed E-state index contributed by atoms with van der Waals surface area (Å²) in [6.45, 7) is 3.82. The van der Waals surface area contributed by atoms with Crippen LogP contribution in [0.15, 0.2) is 65.1 Å². The number of amides is 1. The molecule has 1 amide bonds. The van der Waals surface area contributed by atoms with Gasteiger partial charge in [-0.1, -0.05) is 29.8 Å². The minimum Gasteiger partial charge on any atom is -0.362 e. The van der Waals surface area contributed by atoms with Crippen LogP contribution in [0.25, 0.3) is 0 Å². The maximum absolute atomic E-state index is 13.3. The van der Waals surface area contributed by atoms with Gasteiger partial charge < -0.3 is 10.6 Å². The van der Waals surface area contributed by atoms with Crippen LogP contribution in [0.5, 0.6) is 0 Å². The number of dihydropyridines is 1. The summed E-state index contributed by atoms with van der Waals surface area (Å²) in [6.07, 6.45) is 3.83. The number of hydrogen-bond acceptors (Lipinski definition) is 4. The summed E-state index contributed by atoms with van der Waals surface area (Å²) in [5, 5.41) is 6.81. The quantitative estimate of drug-likeness (QED) is 0.776. The number of aromatic nitrogens is 1. The SMILES string of the molecule is CC1=C(C(=O)Nc2ccc(C)cn2)[C@H](c2ccc(Cl)cc2)C2=C(CCCC2=O)N1. The number of allylic oxidation sites excluding steroid dienone is 3. The monoisotopic (exact) mass is 407 g/mol. The fraction of sp³-hybridized carbons (Fsp3) is 0.261. The fourth-order valence-electron chi connectivity index (χ4n) is 4.00. The van der Waals surface area contributed by atoms with E-state index in [0.717, 1.165) is 35.4 Å². The highest BCUT2D eigenvalue weighted by Gasteiger charge is 2.38. The molecular weight excluding hydrogens is 386 g/mol. The number of pyridine rings is 1. The topological polar surface area (TPSA) is 71.1 Å². The lowest BCUT2D eigenvalue weighted by Crippen LogP contribution is -2.35. The molecule has 1 aromatic carbocycles. The van der Waals surface area contributed by atoms with Crippen LogP contribution in [0.4, 0.5) is 5.82 Å². The summed E-state index contributed by atoms with van der Waals surface area (Å²) >= 11 is 6.07. The maximum atomic E-state index is 13.3. The van der Waals surface area contributed by atoms with Crippen molar-refractivity contribution in [2.45, 2.75) is 39.0 Å². The Bertz CT molecular complexity index is 1040. The standard InChI is InChI=1S/C23H22ClN3O2/c1-13-6-11-19(25-12-13)27-23(29)20-14(2)26-17-4-3-5-18(28)22(17)21(20)15-7-9-16(24)10-8-15/h6-12,21,26H,3-5H2,1-2H3,(H,25,27,29)/t21-/m0/s1. The number of rotatable bonds is 3. The molecule has 6 heteroatoms. The Labute approximate surface area is 174 Å². The highest BCUT2D eigenvalue weighted by atomic mass is 35.5. The van der Waals surface area contributed by atoms with Crippen LogP contribution in [-0.2, 0) is 9.59 Å². The first kappa shape index (κ1) is 19.4. The number of ketones is 1. The van der Waals surface area contributed by atoms with E-state index in [-0.39, 0.29) is 11.7 Å². The van der Waals surface area contributed by atoms with E-state index in [4.69, 9.17) is 11.6 Å². The van der Waals surface area contributed by atoms with Crippen molar-refractivity contribution in [1.29, 1.82) is 0 Å². The molecular formula is C23H22ClN3O2. The zero-order valence-electron chi connectivity index (χ0n) is 16.4. The first-order valence-electron chi connectivity index (χ1n) is 9.67. The van der Waals surface area contributed by atoms with Crippen LogP contribution < -0.4 is 10.6 Å². The highest BCUT2D eigenvalue weighted by molar-refractivity contribution is 6.30. The number of aryl methyl sites for hydroxylation is 1. The largest absolute Gasteiger partial charge is 0.362 e. The van der Waals surface area contributed by atoms with E-state index in [0.29, 0.717) is 28.4 Å². The number of halogens is 1. The highest BCUT2D eigenvalue weighted by Crippen LogP contribution is 2.42. The summed E-state index contributed by atoms with van der Waals surface area (Å²) in [4.78, 5) is 30.4. The number of hydrogen-bond donors (Lipinski definition) is 2. The van der Waals surface area contributed by atoms with Crippen LogP contribution in [0.2, 0.25) is 5.02 Å². The molecule has 1 aliphatic carbocycles. The van der Waals surface area contributed by atoms with Crippen molar-refractivity contribution >= 4 is 29.1 Å². The van der Waals surface area contributed by atoms with Crippen molar-refractivity contribution in [3.05, 3.63) is 81.3 Å². The van der Waals surface area contributed by atoms with Gasteiger partial charge in [0.1, 0.15) is 5.82 Å². The fourth-order valence-corrected chi connectivity index (χ4v) is 4.12. The zero-order valence-corrected chi connectivity index (χ0v) is 17.1. The summed E-state index contributed by atoms with van der Waals surface area (Å²) in [6, 6.07) is 11.0. The van der Waals surface area contributed by atoms with Crippen LogP contribution in [-0.4, -0.2) is 16.7 Å². The number of anilines is 1. The molecule has 5 nitrogen and oxygen atoms in total. The predicted molar refractivity (Wildman–Crippen MR) is 114 cm³/mol. The molecule has 2 aromatic rings. The van der Waals surface area contributed by atoms with Gasteiger partial charge in [-0.15, -0.1) is 0 Å². The van der Waals surface area contributed by atoms with Gasteiger partial charge in [0, 0.05) is 46.1 Å². The van der Waals surface area contributed by atoms with E-state index in [2.05, 4.69) is 15.6 Å². The van der Waals surface area contributed by atoms with Crippen LogP contribution in [0.1, 0.15) is 43.2 Å². The molecule has 0 saturated carbocycles. The van der Waals surface area contributed by atoms with E-state index < -0.39 is 5.92 Å². The smallest absolute Gasteiger partial charge is 0.255 e. The van der Waals surface area contributed by atoms with Gasteiger partial charge in [-0.3, -0.25) is 9.59 Å². The molecule has 4 rings (SSSR count). The van der Waals surface area contributed by atoms with Crippen molar-refractivity contribution in [3.8, 4) is 0 Å². The molecule has 0 radical (unpaired) electrons. The first-order valence-corrected chi connectivity index (χ1v) is 10.1. The van der Waals surface area contributed by atoms with Gasteiger partial charge in [-0.05, 0) is 56.0 Å².